The highest BCUT2D eigenvalue weighted by Crippen LogP contribution is 2.35. The van der Waals surface area contributed by atoms with E-state index in [0.717, 1.165) is 24.5 Å². The van der Waals surface area contributed by atoms with E-state index in [-0.39, 0.29) is 6.04 Å². The highest BCUT2D eigenvalue weighted by Gasteiger charge is 2.19. The van der Waals surface area contributed by atoms with Crippen LogP contribution in [0.3, 0.4) is 0 Å². The minimum Gasteiger partial charge on any atom is -0.486 e. The summed E-state index contributed by atoms with van der Waals surface area (Å²) in [6.45, 7) is 6.59. The van der Waals surface area contributed by atoms with Crippen LogP contribution in [0.5, 0.6) is 11.5 Å². The van der Waals surface area contributed by atoms with Gasteiger partial charge in [-0.15, -0.1) is 11.3 Å². The van der Waals surface area contributed by atoms with E-state index in [1.54, 1.807) is 0 Å². The highest BCUT2D eigenvalue weighted by atomic mass is 32.1. The van der Waals surface area contributed by atoms with Crippen LogP contribution in [0.15, 0.2) is 30.3 Å². The summed E-state index contributed by atoms with van der Waals surface area (Å²) >= 11 is 1.84. The third kappa shape index (κ3) is 3.22. The molecule has 1 aliphatic heterocycles. The number of ether oxygens (including phenoxy) is 2. The molecule has 1 aliphatic rings. The molecule has 21 heavy (non-hydrogen) atoms. The molecule has 1 aromatic heterocycles. The van der Waals surface area contributed by atoms with Gasteiger partial charge >= 0.3 is 0 Å². The van der Waals surface area contributed by atoms with E-state index in [9.17, 15) is 0 Å². The average Bonchev–Trinajstić information content (AvgIpc) is 2.94. The number of hydrogen-bond acceptors (Lipinski definition) is 4. The Kier molecular flexibility index (Phi) is 4.46. The lowest BCUT2D eigenvalue weighted by molar-refractivity contribution is 0.171. The van der Waals surface area contributed by atoms with Gasteiger partial charge < -0.3 is 14.8 Å². The van der Waals surface area contributed by atoms with Gasteiger partial charge in [-0.3, -0.25) is 0 Å². The van der Waals surface area contributed by atoms with E-state index in [1.165, 1.54) is 15.3 Å². The molecule has 0 amide bonds. The van der Waals surface area contributed by atoms with Crippen molar-refractivity contribution in [2.75, 3.05) is 19.8 Å². The van der Waals surface area contributed by atoms with Crippen molar-refractivity contribution in [3.63, 3.8) is 0 Å². The number of benzene rings is 1. The normalized spacial score (nSPS) is 15.0. The van der Waals surface area contributed by atoms with Crippen molar-refractivity contribution in [3.05, 3.63) is 45.6 Å². The Morgan fingerprint density at radius 2 is 1.95 bits per heavy atom. The molecule has 2 aromatic rings. The van der Waals surface area contributed by atoms with Gasteiger partial charge in [-0.1, -0.05) is 13.0 Å². The molecule has 3 nitrogen and oxygen atoms in total. The monoisotopic (exact) mass is 303 g/mol. The molecule has 0 saturated heterocycles. The summed E-state index contributed by atoms with van der Waals surface area (Å²) in [7, 11) is 0. The first-order chi connectivity index (χ1) is 10.3. The molecule has 1 unspecified atom stereocenters. The zero-order chi connectivity index (χ0) is 14.7. The smallest absolute Gasteiger partial charge is 0.161 e. The molecule has 1 N–H and O–H groups in total. The second-order valence-electron chi connectivity index (χ2n) is 5.24. The minimum atomic E-state index is 0.222. The number of nitrogens with one attached hydrogen (secondary N) is 1. The van der Waals surface area contributed by atoms with Gasteiger partial charge in [-0.05, 0) is 49.7 Å². The fourth-order valence-electron chi connectivity index (χ4n) is 2.52. The van der Waals surface area contributed by atoms with Crippen LogP contribution in [0, 0.1) is 6.92 Å². The quantitative estimate of drug-likeness (QED) is 0.908. The standard InChI is InChI=1S/C17H21NO2S/c1-3-8-18-17(16-7-4-12(2)21-16)13-5-6-14-15(11-13)20-10-9-19-14/h4-7,11,17-18H,3,8-10H2,1-2H3. The number of rotatable bonds is 5. The Labute approximate surface area is 129 Å². The predicted molar refractivity (Wildman–Crippen MR) is 86.6 cm³/mol. The molecular formula is C17H21NO2S. The molecule has 3 rings (SSSR count). The van der Waals surface area contributed by atoms with Gasteiger partial charge in [0.1, 0.15) is 13.2 Å². The van der Waals surface area contributed by atoms with Crippen LogP contribution < -0.4 is 14.8 Å². The topological polar surface area (TPSA) is 30.5 Å². The van der Waals surface area contributed by atoms with E-state index in [0.29, 0.717) is 13.2 Å². The van der Waals surface area contributed by atoms with E-state index >= 15 is 0 Å². The zero-order valence-corrected chi connectivity index (χ0v) is 13.3. The lowest BCUT2D eigenvalue weighted by atomic mass is 10.0. The Morgan fingerprint density at radius 1 is 1.14 bits per heavy atom. The SMILES string of the molecule is CCCNC(c1ccc2c(c1)OCCO2)c1ccc(C)s1. The molecule has 0 saturated carbocycles. The van der Waals surface area contributed by atoms with Crippen LogP contribution in [-0.4, -0.2) is 19.8 Å². The number of fused-ring (bicyclic) bond motifs is 1. The van der Waals surface area contributed by atoms with E-state index in [2.05, 4.69) is 43.4 Å². The van der Waals surface area contributed by atoms with Crippen LogP contribution >= 0.6 is 11.3 Å². The molecule has 0 aliphatic carbocycles. The van der Waals surface area contributed by atoms with Crippen molar-refractivity contribution in [2.45, 2.75) is 26.3 Å². The molecule has 0 radical (unpaired) electrons. The van der Waals surface area contributed by atoms with Crippen LogP contribution in [0.4, 0.5) is 0 Å². The lowest BCUT2D eigenvalue weighted by Gasteiger charge is -2.22. The summed E-state index contributed by atoms with van der Waals surface area (Å²) in [4.78, 5) is 2.68. The molecule has 112 valence electrons. The van der Waals surface area contributed by atoms with Gasteiger partial charge in [0.05, 0.1) is 6.04 Å². The Hall–Kier alpha value is -1.52. The Bertz CT molecular complexity index is 609. The number of aryl methyl sites for hydroxylation is 1. The molecule has 0 bridgehead atoms. The fourth-order valence-corrected chi connectivity index (χ4v) is 3.50. The first-order valence-corrected chi connectivity index (χ1v) is 8.29. The second-order valence-corrected chi connectivity index (χ2v) is 6.56. The summed E-state index contributed by atoms with van der Waals surface area (Å²) in [5.74, 6) is 1.71. The van der Waals surface area contributed by atoms with Crippen molar-refractivity contribution in [1.82, 2.24) is 5.32 Å². The second kappa shape index (κ2) is 6.50. The van der Waals surface area contributed by atoms with E-state index in [4.69, 9.17) is 9.47 Å². The first kappa shape index (κ1) is 14.4. The number of hydrogen-bond donors (Lipinski definition) is 1. The van der Waals surface area contributed by atoms with Gasteiger partial charge in [0.25, 0.3) is 0 Å². The van der Waals surface area contributed by atoms with Crippen molar-refractivity contribution < 1.29 is 9.47 Å². The van der Waals surface area contributed by atoms with Gasteiger partial charge in [-0.2, -0.15) is 0 Å². The van der Waals surface area contributed by atoms with Crippen molar-refractivity contribution >= 4 is 11.3 Å². The molecule has 4 heteroatoms. The third-order valence-corrected chi connectivity index (χ3v) is 4.61. The van der Waals surface area contributed by atoms with Crippen LogP contribution in [0.25, 0.3) is 0 Å². The first-order valence-electron chi connectivity index (χ1n) is 7.47. The van der Waals surface area contributed by atoms with Crippen LogP contribution in [0.1, 0.15) is 34.7 Å². The molecule has 0 fully saturated rings. The van der Waals surface area contributed by atoms with Crippen molar-refractivity contribution in [1.29, 1.82) is 0 Å². The van der Waals surface area contributed by atoms with Crippen LogP contribution in [0.2, 0.25) is 0 Å². The van der Waals surface area contributed by atoms with E-state index < -0.39 is 0 Å². The summed E-state index contributed by atoms with van der Waals surface area (Å²) in [5, 5.41) is 3.64. The summed E-state index contributed by atoms with van der Waals surface area (Å²) in [6, 6.07) is 10.9. The molecule has 1 atom stereocenters. The van der Waals surface area contributed by atoms with Gasteiger partial charge in [0.15, 0.2) is 11.5 Å². The Morgan fingerprint density at radius 3 is 2.67 bits per heavy atom. The average molecular weight is 303 g/mol. The third-order valence-electron chi connectivity index (χ3n) is 3.54. The molecular weight excluding hydrogens is 282 g/mol. The van der Waals surface area contributed by atoms with Crippen LogP contribution in [-0.2, 0) is 0 Å². The maximum absolute atomic E-state index is 5.71. The van der Waals surface area contributed by atoms with Crippen molar-refractivity contribution in [3.8, 4) is 11.5 Å². The zero-order valence-electron chi connectivity index (χ0n) is 12.5. The molecule has 1 aromatic carbocycles. The minimum absolute atomic E-state index is 0.222. The predicted octanol–water partition coefficient (Wildman–Crippen LogP) is 3.92. The fraction of sp³-hybridized carbons (Fsp3) is 0.412. The largest absolute Gasteiger partial charge is 0.486 e. The summed E-state index contributed by atoms with van der Waals surface area (Å²) in [5.41, 5.74) is 1.23. The maximum Gasteiger partial charge on any atom is 0.161 e. The molecule has 2 heterocycles. The van der Waals surface area contributed by atoms with Crippen molar-refractivity contribution in [2.24, 2.45) is 0 Å². The number of thiophene rings is 1. The van der Waals surface area contributed by atoms with Gasteiger partial charge in [0.2, 0.25) is 0 Å². The summed E-state index contributed by atoms with van der Waals surface area (Å²) in [6.07, 6.45) is 1.12. The van der Waals surface area contributed by atoms with Gasteiger partial charge in [0, 0.05) is 9.75 Å². The molecule has 0 spiro atoms. The highest BCUT2D eigenvalue weighted by molar-refractivity contribution is 7.12. The Balaban J connectivity index is 1.92. The van der Waals surface area contributed by atoms with E-state index in [1.807, 2.05) is 17.4 Å². The lowest BCUT2D eigenvalue weighted by Crippen LogP contribution is -2.23. The maximum atomic E-state index is 5.71. The van der Waals surface area contributed by atoms with Gasteiger partial charge in [-0.25, -0.2) is 0 Å². The summed E-state index contributed by atoms with van der Waals surface area (Å²) < 4.78 is 11.3.